The van der Waals surface area contributed by atoms with Gasteiger partial charge in [-0.25, -0.2) is 9.18 Å². The second-order valence-electron chi connectivity index (χ2n) is 6.60. The summed E-state index contributed by atoms with van der Waals surface area (Å²) in [4.78, 5) is 37.4. The molecule has 0 radical (unpaired) electrons. The summed E-state index contributed by atoms with van der Waals surface area (Å²) in [5.41, 5.74) is 0.465. The van der Waals surface area contributed by atoms with Gasteiger partial charge >= 0.3 is 5.97 Å². The molecule has 2 aromatic carbocycles. The summed E-state index contributed by atoms with van der Waals surface area (Å²) in [6, 6.07) is 9.15. The number of nitrogens with zero attached hydrogens (tertiary/aromatic N) is 2. The molecule has 1 aliphatic rings. The fourth-order valence-electron chi connectivity index (χ4n) is 2.93. The van der Waals surface area contributed by atoms with E-state index in [0.29, 0.717) is 37.7 Å². The number of hydrogen-bond donors (Lipinski definition) is 1. The quantitative estimate of drug-likeness (QED) is 0.437. The van der Waals surface area contributed by atoms with Gasteiger partial charge in [0.15, 0.2) is 6.10 Å². The van der Waals surface area contributed by atoms with E-state index in [4.69, 9.17) is 9.47 Å². The molecule has 1 N–H and O–H groups in total. The lowest BCUT2D eigenvalue weighted by molar-refractivity contribution is -0.384. The molecular weight excluding hydrogens is 397 g/mol. The molecule has 0 aliphatic carbocycles. The highest BCUT2D eigenvalue weighted by molar-refractivity contribution is 5.97. The number of benzene rings is 2. The van der Waals surface area contributed by atoms with Crippen molar-refractivity contribution in [2.75, 3.05) is 36.5 Å². The molecule has 0 unspecified atom stereocenters. The highest BCUT2D eigenvalue weighted by atomic mass is 19.1. The van der Waals surface area contributed by atoms with Crippen molar-refractivity contribution in [2.45, 2.75) is 13.0 Å². The Balaban J connectivity index is 1.69. The van der Waals surface area contributed by atoms with Crippen LogP contribution in [-0.2, 0) is 14.3 Å². The standard InChI is InChI=1S/C20H20FN3O6/c1-13(19(25)22-16-5-3-15(21)4-6-16)30-20(26)14-2-7-17(18(12-14)24(27)28)23-8-10-29-11-9-23/h2-7,12-13H,8-11H2,1H3,(H,22,25)/t13-/m1/s1. The smallest absolute Gasteiger partial charge is 0.339 e. The molecule has 158 valence electrons. The van der Waals surface area contributed by atoms with Crippen LogP contribution < -0.4 is 10.2 Å². The van der Waals surface area contributed by atoms with Crippen molar-refractivity contribution in [1.82, 2.24) is 0 Å². The van der Waals surface area contributed by atoms with Crippen LogP contribution >= 0.6 is 0 Å². The van der Waals surface area contributed by atoms with Gasteiger partial charge < -0.3 is 19.7 Å². The zero-order chi connectivity index (χ0) is 21.7. The van der Waals surface area contributed by atoms with Crippen LogP contribution in [0.2, 0.25) is 0 Å². The highest BCUT2D eigenvalue weighted by Gasteiger charge is 2.25. The summed E-state index contributed by atoms with van der Waals surface area (Å²) >= 11 is 0. The molecular formula is C20H20FN3O6. The van der Waals surface area contributed by atoms with Crippen molar-refractivity contribution in [3.05, 3.63) is 64.0 Å². The van der Waals surface area contributed by atoms with E-state index >= 15 is 0 Å². The van der Waals surface area contributed by atoms with Gasteiger partial charge in [0.05, 0.1) is 23.7 Å². The zero-order valence-corrected chi connectivity index (χ0v) is 16.2. The molecule has 9 nitrogen and oxygen atoms in total. The van der Waals surface area contributed by atoms with Gasteiger partial charge in [-0.05, 0) is 43.3 Å². The predicted octanol–water partition coefficient (Wildman–Crippen LogP) is 2.75. The maximum Gasteiger partial charge on any atom is 0.339 e. The van der Waals surface area contributed by atoms with Crippen molar-refractivity contribution >= 4 is 28.9 Å². The predicted molar refractivity (Wildman–Crippen MR) is 106 cm³/mol. The van der Waals surface area contributed by atoms with Gasteiger partial charge in [0.25, 0.3) is 11.6 Å². The largest absolute Gasteiger partial charge is 0.449 e. The second kappa shape index (κ2) is 9.31. The number of esters is 1. The molecule has 10 heteroatoms. The van der Waals surface area contributed by atoms with Crippen LogP contribution in [0.1, 0.15) is 17.3 Å². The summed E-state index contributed by atoms with van der Waals surface area (Å²) < 4.78 is 23.3. The minimum absolute atomic E-state index is 0.0415. The first-order valence-corrected chi connectivity index (χ1v) is 9.23. The summed E-state index contributed by atoms with van der Waals surface area (Å²) in [5, 5.41) is 14.0. The van der Waals surface area contributed by atoms with Crippen LogP contribution in [0.25, 0.3) is 0 Å². The van der Waals surface area contributed by atoms with Gasteiger partial charge in [0, 0.05) is 24.8 Å². The molecule has 2 aromatic rings. The van der Waals surface area contributed by atoms with Crippen molar-refractivity contribution in [2.24, 2.45) is 0 Å². The van der Waals surface area contributed by atoms with Crippen LogP contribution in [-0.4, -0.2) is 49.2 Å². The molecule has 30 heavy (non-hydrogen) atoms. The van der Waals surface area contributed by atoms with Crippen LogP contribution in [0.15, 0.2) is 42.5 Å². The molecule has 1 aliphatic heterocycles. The Bertz CT molecular complexity index is 944. The van der Waals surface area contributed by atoms with E-state index in [-0.39, 0.29) is 11.3 Å². The topological polar surface area (TPSA) is 111 Å². The third kappa shape index (κ3) is 5.09. The first-order chi connectivity index (χ1) is 14.3. The highest BCUT2D eigenvalue weighted by Crippen LogP contribution is 2.30. The number of anilines is 2. The monoisotopic (exact) mass is 417 g/mol. The number of hydrogen-bond acceptors (Lipinski definition) is 7. The number of nitro groups is 1. The number of carbonyl (C=O) groups excluding carboxylic acids is 2. The average molecular weight is 417 g/mol. The number of ether oxygens (including phenoxy) is 2. The number of carbonyl (C=O) groups is 2. The molecule has 3 rings (SSSR count). The average Bonchev–Trinajstić information content (AvgIpc) is 2.75. The Hall–Kier alpha value is -3.53. The third-order valence-electron chi connectivity index (χ3n) is 4.52. The first-order valence-electron chi connectivity index (χ1n) is 9.23. The number of halogens is 1. The van der Waals surface area contributed by atoms with Gasteiger partial charge in [-0.15, -0.1) is 0 Å². The fourth-order valence-corrected chi connectivity index (χ4v) is 2.93. The number of nitrogens with one attached hydrogen (secondary N) is 1. The summed E-state index contributed by atoms with van der Waals surface area (Å²) in [6.45, 7) is 3.30. The van der Waals surface area contributed by atoms with E-state index < -0.39 is 28.7 Å². The second-order valence-corrected chi connectivity index (χ2v) is 6.60. The minimum Gasteiger partial charge on any atom is -0.449 e. The van der Waals surface area contributed by atoms with Gasteiger partial charge in [-0.2, -0.15) is 0 Å². The Morgan fingerprint density at radius 3 is 2.50 bits per heavy atom. The van der Waals surface area contributed by atoms with E-state index in [2.05, 4.69) is 5.32 Å². The molecule has 1 amide bonds. The van der Waals surface area contributed by atoms with Gasteiger partial charge in [0.2, 0.25) is 0 Å². The van der Waals surface area contributed by atoms with E-state index in [0.717, 1.165) is 6.07 Å². The maximum atomic E-state index is 12.9. The molecule has 0 spiro atoms. The van der Waals surface area contributed by atoms with E-state index in [1.165, 1.54) is 43.3 Å². The number of rotatable bonds is 6. The lowest BCUT2D eigenvalue weighted by Gasteiger charge is -2.28. The Labute approximate surface area is 171 Å². The van der Waals surface area contributed by atoms with E-state index in [1.807, 2.05) is 4.90 Å². The molecule has 0 bridgehead atoms. The van der Waals surface area contributed by atoms with Crippen molar-refractivity contribution in [3.8, 4) is 0 Å². The SMILES string of the molecule is C[C@@H](OC(=O)c1ccc(N2CCOCC2)c([N+](=O)[O-])c1)C(=O)Nc1ccc(F)cc1. The number of morpholine rings is 1. The van der Waals surface area contributed by atoms with Gasteiger partial charge in [0.1, 0.15) is 11.5 Å². The van der Waals surface area contributed by atoms with Crippen LogP contribution in [0, 0.1) is 15.9 Å². The van der Waals surface area contributed by atoms with Crippen molar-refractivity contribution < 1.29 is 28.4 Å². The molecule has 1 atom stereocenters. The lowest BCUT2D eigenvalue weighted by Crippen LogP contribution is -2.36. The number of nitro benzene ring substituents is 1. The van der Waals surface area contributed by atoms with E-state index in [9.17, 15) is 24.1 Å². The maximum absolute atomic E-state index is 12.9. The van der Waals surface area contributed by atoms with Gasteiger partial charge in [-0.3, -0.25) is 14.9 Å². The van der Waals surface area contributed by atoms with Crippen LogP contribution in [0.4, 0.5) is 21.5 Å². The summed E-state index contributed by atoms with van der Waals surface area (Å²) in [6.07, 6.45) is -1.17. The Morgan fingerprint density at radius 2 is 1.87 bits per heavy atom. The normalized spacial score (nSPS) is 14.7. The first kappa shape index (κ1) is 21.2. The molecule has 1 saturated heterocycles. The summed E-state index contributed by atoms with van der Waals surface area (Å²) in [5.74, 6) is -1.93. The van der Waals surface area contributed by atoms with Crippen LogP contribution in [0.5, 0.6) is 0 Å². The summed E-state index contributed by atoms with van der Waals surface area (Å²) in [7, 11) is 0. The minimum atomic E-state index is -1.17. The molecule has 0 aromatic heterocycles. The van der Waals surface area contributed by atoms with Crippen molar-refractivity contribution in [3.63, 3.8) is 0 Å². The number of amides is 1. The van der Waals surface area contributed by atoms with Crippen LogP contribution in [0.3, 0.4) is 0 Å². The Morgan fingerprint density at radius 1 is 1.20 bits per heavy atom. The lowest BCUT2D eigenvalue weighted by atomic mass is 10.1. The Kier molecular flexibility index (Phi) is 6.58. The molecule has 1 fully saturated rings. The van der Waals surface area contributed by atoms with Gasteiger partial charge in [-0.1, -0.05) is 0 Å². The van der Waals surface area contributed by atoms with Crippen molar-refractivity contribution in [1.29, 1.82) is 0 Å². The third-order valence-corrected chi connectivity index (χ3v) is 4.52. The molecule has 0 saturated carbocycles. The zero-order valence-electron chi connectivity index (χ0n) is 16.2. The fraction of sp³-hybridized carbons (Fsp3) is 0.300. The molecule has 1 heterocycles. The van der Waals surface area contributed by atoms with E-state index in [1.54, 1.807) is 0 Å².